The minimum absolute atomic E-state index is 0.962. The average molecular weight is 230 g/mol. The second-order valence-corrected chi connectivity index (χ2v) is 3.74. The van der Waals surface area contributed by atoms with Crippen LogP contribution in [0.25, 0.3) is 0 Å². The van der Waals surface area contributed by atoms with Crippen molar-refractivity contribution in [3.05, 3.63) is 0 Å². The van der Waals surface area contributed by atoms with Crippen molar-refractivity contribution in [2.45, 2.75) is 19.3 Å². The summed E-state index contributed by atoms with van der Waals surface area (Å²) in [5, 5.41) is 0. The molecule has 0 aromatic heterocycles. The standard InChI is InChI=1S/C4H10S2.C3H8S2/c5-3-1-2-4-6;4-2-1-3-5/h5-6H,1-4H2;4-5H,1-3H2. The molecule has 0 aliphatic carbocycles. The van der Waals surface area contributed by atoms with Gasteiger partial charge in [-0.05, 0) is 42.3 Å². The molecule has 11 heavy (non-hydrogen) atoms. The van der Waals surface area contributed by atoms with Crippen LogP contribution in [0, 0.1) is 0 Å². The monoisotopic (exact) mass is 230 g/mol. The Morgan fingerprint density at radius 1 is 0.455 bits per heavy atom. The topological polar surface area (TPSA) is 0 Å². The maximum absolute atomic E-state index is 4.02. The molecule has 0 nitrogen and oxygen atoms in total. The first kappa shape index (κ1) is 14.9. The molecule has 0 spiro atoms. The van der Waals surface area contributed by atoms with Crippen molar-refractivity contribution in [1.29, 1.82) is 0 Å². The Kier molecular flexibility index (Phi) is 23.7. The lowest BCUT2D eigenvalue weighted by Gasteiger charge is -1.85. The maximum Gasteiger partial charge on any atom is -0.00901 e. The van der Waals surface area contributed by atoms with Gasteiger partial charge in [-0.25, -0.2) is 0 Å². The highest BCUT2D eigenvalue weighted by Gasteiger charge is 1.76. The molecule has 0 radical (unpaired) electrons. The van der Waals surface area contributed by atoms with Gasteiger partial charge in [0.1, 0.15) is 0 Å². The van der Waals surface area contributed by atoms with Crippen molar-refractivity contribution < 1.29 is 0 Å². The van der Waals surface area contributed by atoms with Crippen molar-refractivity contribution in [1.82, 2.24) is 0 Å². The van der Waals surface area contributed by atoms with E-state index in [1.54, 1.807) is 0 Å². The molecule has 0 heterocycles. The van der Waals surface area contributed by atoms with Crippen LogP contribution in [0.3, 0.4) is 0 Å². The third-order valence-electron chi connectivity index (χ3n) is 0.882. The minimum atomic E-state index is 0.962. The fourth-order valence-corrected chi connectivity index (χ4v) is 1.31. The molecule has 0 rings (SSSR count). The molecule has 0 aromatic carbocycles. The van der Waals surface area contributed by atoms with Gasteiger partial charge in [-0.2, -0.15) is 50.5 Å². The highest BCUT2D eigenvalue weighted by Crippen LogP contribution is 1.91. The fraction of sp³-hybridized carbons (Fsp3) is 1.00. The number of rotatable bonds is 5. The Morgan fingerprint density at radius 2 is 0.727 bits per heavy atom. The molecule has 0 aliphatic heterocycles. The highest BCUT2D eigenvalue weighted by molar-refractivity contribution is 7.81. The molecule has 0 aromatic rings. The SMILES string of the molecule is SCCCCS.SCCCS. The molecule has 70 valence electrons. The molecule has 0 saturated heterocycles. The molecular weight excluding hydrogens is 212 g/mol. The van der Waals surface area contributed by atoms with Gasteiger partial charge in [-0.3, -0.25) is 0 Å². The van der Waals surface area contributed by atoms with E-state index in [1.165, 1.54) is 12.8 Å². The van der Waals surface area contributed by atoms with E-state index in [9.17, 15) is 0 Å². The summed E-state index contributed by atoms with van der Waals surface area (Å²) in [6.07, 6.45) is 3.52. The fourth-order valence-electron chi connectivity index (χ4n) is 0.294. The predicted molar refractivity (Wildman–Crippen MR) is 69.3 cm³/mol. The molecule has 0 aliphatic rings. The number of hydrogen-bond acceptors (Lipinski definition) is 4. The summed E-state index contributed by atoms with van der Waals surface area (Å²) in [5.41, 5.74) is 0. The normalized spacial score (nSPS) is 8.73. The summed E-state index contributed by atoms with van der Waals surface area (Å²) >= 11 is 15.9. The lowest BCUT2D eigenvalue weighted by atomic mass is 10.4. The summed E-state index contributed by atoms with van der Waals surface area (Å²) in [6.45, 7) is 0. The van der Waals surface area contributed by atoms with E-state index in [-0.39, 0.29) is 0 Å². The third kappa shape index (κ3) is 24.6. The highest BCUT2D eigenvalue weighted by atomic mass is 32.1. The van der Waals surface area contributed by atoms with Crippen LogP contribution in [-0.4, -0.2) is 23.0 Å². The van der Waals surface area contributed by atoms with Gasteiger partial charge in [0.2, 0.25) is 0 Å². The quantitative estimate of drug-likeness (QED) is 0.405. The van der Waals surface area contributed by atoms with Crippen LogP contribution in [-0.2, 0) is 0 Å². The number of unbranched alkanes of at least 4 members (excludes halogenated alkanes) is 1. The first-order valence-corrected chi connectivity index (χ1v) is 6.29. The third-order valence-corrected chi connectivity index (χ3v) is 2.15. The van der Waals surface area contributed by atoms with E-state index >= 15 is 0 Å². The van der Waals surface area contributed by atoms with Gasteiger partial charge < -0.3 is 0 Å². The van der Waals surface area contributed by atoms with Crippen molar-refractivity contribution in [3.63, 3.8) is 0 Å². The number of thiol groups is 4. The van der Waals surface area contributed by atoms with Crippen LogP contribution in [0.2, 0.25) is 0 Å². The molecule has 0 saturated carbocycles. The summed E-state index contributed by atoms with van der Waals surface area (Å²) in [6, 6.07) is 0. The lowest BCUT2D eigenvalue weighted by molar-refractivity contribution is 0.912. The van der Waals surface area contributed by atoms with Gasteiger partial charge in [0.15, 0.2) is 0 Å². The second kappa shape index (κ2) is 17.5. The minimum Gasteiger partial charge on any atom is -0.179 e. The van der Waals surface area contributed by atoms with Crippen LogP contribution in [0.1, 0.15) is 19.3 Å². The molecule has 0 amide bonds. The molecule has 0 fully saturated rings. The van der Waals surface area contributed by atoms with Gasteiger partial charge in [0.05, 0.1) is 0 Å². The smallest absolute Gasteiger partial charge is 0.00901 e. The van der Waals surface area contributed by atoms with Crippen LogP contribution < -0.4 is 0 Å². The van der Waals surface area contributed by atoms with Crippen LogP contribution in [0.4, 0.5) is 0 Å². The van der Waals surface area contributed by atoms with Crippen LogP contribution in [0.15, 0.2) is 0 Å². The lowest BCUT2D eigenvalue weighted by Crippen LogP contribution is -1.74. The van der Waals surface area contributed by atoms with E-state index in [4.69, 9.17) is 0 Å². The zero-order valence-electron chi connectivity index (χ0n) is 6.74. The van der Waals surface area contributed by atoms with Crippen molar-refractivity contribution in [2.75, 3.05) is 23.0 Å². The summed E-state index contributed by atoms with van der Waals surface area (Å²) in [4.78, 5) is 0. The molecule has 0 bridgehead atoms. The molecule has 4 heteroatoms. The van der Waals surface area contributed by atoms with Gasteiger partial charge in [0, 0.05) is 0 Å². The molecule has 0 N–H and O–H groups in total. The summed E-state index contributed by atoms with van der Waals surface area (Å²) in [5.74, 6) is 3.92. The maximum atomic E-state index is 4.02. The summed E-state index contributed by atoms with van der Waals surface area (Å²) < 4.78 is 0. The Bertz CT molecular complexity index is 43.7. The van der Waals surface area contributed by atoms with Crippen molar-refractivity contribution in [2.24, 2.45) is 0 Å². The van der Waals surface area contributed by atoms with Gasteiger partial charge in [-0.15, -0.1) is 0 Å². The zero-order valence-corrected chi connectivity index (χ0v) is 10.3. The second-order valence-electron chi connectivity index (χ2n) is 1.96. The largest absolute Gasteiger partial charge is 0.179 e. The Morgan fingerprint density at radius 3 is 0.818 bits per heavy atom. The van der Waals surface area contributed by atoms with Gasteiger partial charge in [0.25, 0.3) is 0 Å². The van der Waals surface area contributed by atoms with Crippen molar-refractivity contribution >= 4 is 50.5 Å². The zero-order chi connectivity index (χ0) is 8.95. The molecule has 0 unspecified atom stereocenters. The van der Waals surface area contributed by atoms with E-state index in [0.29, 0.717) is 0 Å². The predicted octanol–water partition coefficient (Wildman–Crippen LogP) is 2.86. The van der Waals surface area contributed by atoms with Crippen molar-refractivity contribution in [3.8, 4) is 0 Å². The van der Waals surface area contributed by atoms with Gasteiger partial charge >= 0.3 is 0 Å². The number of hydrogen-bond donors (Lipinski definition) is 4. The van der Waals surface area contributed by atoms with Crippen LogP contribution >= 0.6 is 50.5 Å². The van der Waals surface area contributed by atoms with E-state index in [1.807, 2.05) is 0 Å². The first-order valence-electron chi connectivity index (χ1n) is 3.76. The molecule has 0 atom stereocenters. The van der Waals surface area contributed by atoms with E-state index in [2.05, 4.69) is 50.5 Å². The van der Waals surface area contributed by atoms with E-state index in [0.717, 1.165) is 29.4 Å². The Balaban J connectivity index is 0. The molecular formula is C7H18S4. The summed E-state index contributed by atoms with van der Waals surface area (Å²) in [7, 11) is 0. The van der Waals surface area contributed by atoms with E-state index < -0.39 is 0 Å². The Hall–Kier alpha value is 1.40. The Labute approximate surface area is 92.6 Å². The average Bonchev–Trinajstić information content (AvgIpc) is 2.04. The van der Waals surface area contributed by atoms with Gasteiger partial charge in [-0.1, -0.05) is 0 Å². The first-order chi connectivity index (χ1) is 5.33. The van der Waals surface area contributed by atoms with Crippen LogP contribution in [0.5, 0.6) is 0 Å².